The molecule has 0 saturated carbocycles. The zero-order valence-corrected chi connectivity index (χ0v) is 11.9. The second kappa shape index (κ2) is 5.54. The SMILES string of the molecule is CN1CC[C@@H](CN[C@@H]2CCSC2)c2ccccc21. The first-order chi connectivity index (χ1) is 8.84. The van der Waals surface area contributed by atoms with Crippen LogP contribution in [0.5, 0.6) is 0 Å². The molecule has 2 aliphatic rings. The molecular formula is C15H22N2S. The molecule has 98 valence electrons. The van der Waals surface area contributed by atoms with E-state index in [1.165, 1.54) is 42.1 Å². The number of hydrogen-bond acceptors (Lipinski definition) is 3. The topological polar surface area (TPSA) is 15.3 Å². The number of anilines is 1. The zero-order valence-electron chi connectivity index (χ0n) is 11.1. The van der Waals surface area contributed by atoms with Crippen molar-refractivity contribution in [2.75, 3.05) is 36.5 Å². The van der Waals surface area contributed by atoms with E-state index >= 15 is 0 Å². The van der Waals surface area contributed by atoms with E-state index in [2.05, 4.69) is 53.3 Å². The standard InChI is InChI=1S/C15H22N2S/c1-17-8-6-12(10-16-13-7-9-18-11-13)14-4-2-3-5-15(14)17/h2-5,12-13,16H,6-11H2,1H3/t12-,13+/m0/s1. The Hall–Kier alpha value is -0.670. The van der Waals surface area contributed by atoms with Gasteiger partial charge >= 0.3 is 0 Å². The van der Waals surface area contributed by atoms with Crippen molar-refractivity contribution in [1.29, 1.82) is 0 Å². The first-order valence-corrected chi connectivity index (χ1v) is 8.11. The first-order valence-electron chi connectivity index (χ1n) is 6.96. The molecule has 2 aliphatic heterocycles. The highest BCUT2D eigenvalue weighted by atomic mass is 32.2. The van der Waals surface area contributed by atoms with Crippen molar-refractivity contribution >= 4 is 17.4 Å². The van der Waals surface area contributed by atoms with Crippen LogP contribution >= 0.6 is 11.8 Å². The average Bonchev–Trinajstić information content (AvgIpc) is 2.92. The molecule has 0 aromatic heterocycles. The van der Waals surface area contributed by atoms with E-state index in [9.17, 15) is 0 Å². The van der Waals surface area contributed by atoms with E-state index in [-0.39, 0.29) is 0 Å². The summed E-state index contributed by atoms with van der Waals surface area (Å²) in [4.78, 5) is 2.39. The van der Waals surface area contributed by atoms with E-state index in [1.54, 1.807) is 0 Å². The summed E-state index contributed by atoms with van der Waals surface area (Å²) in [6.07, 6.45) is 2.62. The molecule has 0 aliphatic carbocycles. The highest BCUT2D eigenvalue weighted by Gasteiger charge is 2.24. The molecule has 0 radical (unpaired) electrons. The van der Waals surface area contributed by atoms with Crippen molar-refractivity contribution in [3.8, 4) is 0 Å². The smallest absolute Gasteiger partial charge is 0.0399 e. The van der Waals surface area contributed by atoms with Crippen LogP contribution in [0.1, 0.15) is 24.3 Å². The summed E-state index contributed by atoms with van der Waals surface area (Å²) in [6, 6.07) is 9.64. The number of para-hydroxylation sites is 1. The Morgan fingerprint density at radius 2 is 2.22 bits per heavy atom. The van der Waals surface area contributed by atoms with Crippen molar-refractivity contribution in [2.24, 2.45) is 0 Å². The summed E-state index contributed by atoms with van der Waals surface area (Å²) in [6.45, 7) is 2.33. The Bertz CT molecular complexity index is 401. The number of rotatable bonds is 3. The molecule has 2 heterocycles. The minimum Gasteiger partial charge on any atom is -0.374 e. The number of thioether (sulfide) groups is 1. The van der Waals surface area contributed by atoms with E-state index in [1.807, 2.05) is 0 Å². The van der Waals surface area contributed by atoms with Gasteiger partial charge in [0.05, 0.1) is 0 Å². The van der Waals surface area contributed by atoms with Crippen molar-refractivity contribution in [2.45, 2.75) is 24.8 Å². The van der Waals surface area contributed by atoms with E-state index in [0.29, 0.717) is 5.92 Å². The lowest BCUT2D eigenvalue weighted by Gasteiger charge is -2.33. The Morgan fingerprint density at radius 1 is 1.33 bits per heavy atom. The third-order valence-electron chi connectivity index (χ3n) is 4.18. The number of nitrogens with one attached hydrogen (secondary N) is 1. The second-order valence-electron chi connectivity index (χ2n) is 5.43. The molecule has 3 heteroatoms. The fourth-order valence-corrected chi connectivity index (χ4v) is 4.21. The van der Waals surface area contributed by atoms with Gasteiger partial charge in [-0.3, -0.25) is 0 Å². The lowest BCUT2D eigenvalue weighted by atomic mass is 9.90. The Balaban J connectivity index is 1.68. The average molecular weight is 262 g/mol. The summed E-state index contributed by atoms with van der Waals surface area (Å²) in [5, 5.41) is 3.77. The van der Waals surface area contributed by atoms with Gasteiger partial charge < -0.3 is 10.2 Å². The van der Waals surface area contributed by atoms with E-state index in [4.69, 9.17) is 0 Å². The molecule has 1 saturated heterocycles. The van der Waals surface area contributed by atoms with Crippen LogP contribution < -0.4 is 10.2 Å². The summed E-state index contributed by atoms with van der Waals surface area (Å²) < 4.78 is 0. The minimum absolute atomic E-state index is 0.697. The predicted molar refractivity (Wildman–Crippen MR) is 80.8 cm³/mol. The van der Waals surface area contributed by atoms with Crippen LogP contribution in [0, 0.1) is 0 Å². The Labute approximate surface area is 114 Å². The van der Waals surface area contributed by atoms with Gasteiger partial charge in [-0.15, -0.1) is 0 Å². The minimum atomic E-state index is 0.697. The number of benzene rings is 1. The van der Waals surface area contributed by atoms with Gasteiger partial charge in [0.15, 0.2) is 0 Å². The maximum absolute atomic E-state index is 3.77. The largest absolute Gasteiger partial charge is 0.374 e. The Kier molecular flexibility index (Phi) is 3.80. The van der Waals surface area contributed by atoms with Crippen molar-refractivity contribution in [1.82, 2.24) is 5.32 Å². The molecule has 1 N–H and O–H groups in total. The van der Waals surface area contributed by atoms with Crippen molar-refractivity contribution in [3.63, 3.8) is 0 Å². The predicted octanol–water partition coefficient (Wildman–Crippen LogP) is 2.71. The quantitative estimate of drug-likeness (QED) is 0.901. The van der Waals surface area contributed by atoms with Gasteiger partial charge in [-0.2, -0.15) is 11.8 Å². The molecule has 0 unspecified atom stereocenters. The fraction of sp³-hybridized carbons (Fsp3) is 0.600. The normalized spacial score (nSPS) is 27.3. The summed E-state index contributed by atoms with van der Waals surface area (Å²) in [7, 11) is 2.20. The lowest BCUT2D eigenvalue weighted by molar-refractivity contribution is 0.485. The van der Waals surface area contributed by atoms with Gasteiger partial charge in [0, 0.05) is 43.5 Å². The summed E-state index contributed by atoms with van der Waals surface area (Å²) >= 11 is 2.08. The third-order valence-corrected chi connectivity index (χ3v) is 5.35. The highest BCUT2D eigenvalue weighted by molar-refractivity contribution is 7.99. The molecule has 1 aromatic rings. The van der Waals surface area contributed by atoms with Crippen LogP contribution in [0.4, 0.5) is 5.69 Å². The van der Waals surface area contributed by atoms with Crippen molar-refractivity contribution < 1.29 is 0 Å². The molecule has 18 heavy (non-hydrogen) atoms. The monoisotopic (exact) mass is 262 g/mol. The molecule has 1 fully saturated rings. The molecule has 0 bridgehead atoms. The zero-order chi connectivity index (χ0) is 12.4. The molecule has 3 rings (SSSR count). The van der Waals surface area contributed by atoms with E-state index in [0.717, 1.165) is 12.6 Å². The molecular weight excluding hydrogens is 240 g/mol. The van der Waals surface area contributed by atoms with Crippen LogP contribution in [0.3, 0.4) is 0 Å². The van der Waals surface area contributed by atoms with Crippen LogP contribution in [0.15, 0.2) is 24.3 Å². The van der Waals surface area contributed by atoms with Gasteiger partial charge in [0.1, 0.15) is 0 Å². The number of nitrogens with zero attached hydrogens (tertiary/aromatic N) is 1. The second-order valence-corrected chi connectivity index (χ2v) is 6.58. The molecule has 2 atom stereocenters. The first kappa shape index (κ1) is 12.4. The van der Waals surface area contributed by atoms with Crippen LogP contribution in [0.2, 0.25) is 0 Å². The summed E-state index contributed by atoms with van der Waals surface area (Å²) in [5.41, 5.74) is 2.96. The highest BCUT2D eigenvalue weighted by Crippen LogP contribution is 2.34. The molecule has 2 nitrogen and oxygen atoms in total. The molecule has 0 spiro atoms. The van der Waals surface area contributed by atoms with Gasteiger partial charge in [-0.25, -0.2) is 0 Å². The molecule has 0 amide bonds. The van der Waals surface area contributed by atoms with Gasteiger partial charge in [-0.1, -0.05) is 18.2 Å². The maximum Gasteiger partial charge on any atom is 0.0399 e. The van der Waals surface area contributed by atoms with Crippen LogP contribution in [-0.2, 0) is 0 Å². The molecule has 1 aromatic carbocycles. The van der Waals surface area contributed by atoms with Crippen molar-refractivity contribution in [3.05, 3.63) is 29.8 Å². The van der Waals surface area contributed by atoms with E-state index < -0.39 is 0 Å². The summed E-state index contributed by atoms with van der Waals surface area (Å²) in [5.74, 6) is 3.33. The van der Waals surface area contributed by atoms with Gasteiger partial charge in [-0.05, 0) is 30.2 Å². The Morgan fingerprint density at radius 3 is 3.06 bits per heavy atom. The van der Waals surface area contributed by atoms with Gasteiger partial charge in [0.2, 0.25) is 0 Å². The maximum atomic E-state index is 3.77. The van der Waals surface area contributed by atoms with Crippen LogP contribution in [0.25, 0.3) is 0 Å². The number of fused-ring (bicyclic) bond motifs is 1. The number of hydrogen-bond donors (Lipinski definition) is 1. The third kappa shape index (κ3) is 2.52. The lowest BCUT2D eigenvalue weighted by Crippen LogP contribution is -2.36. The fourth-order valence-electron chi connectivity index (χ4n) is 3.02. The van der Waals surface area contributed by atoms with Gasteiger partial charge in [0.25, 0.3) is 0 Å². The van der Waals surface area contributed by atoms with Crippen LogP contribution in [-0.4, -0.2) is 37.7 Å².